The molecule has 5 aromatic rings. The van der Waals surface area contributed by atoms with E-state index in [2.05, 4.69) is 30.6 Å². The number of carbonyl (C=O) groups is 5. The van der Waals surface area contributed by atoms with Gasteiger partial charge in [0, 0.05) is 56.1 Å². The minimum Gasteiger partial charge on any atom is -0.370 e. The number of amides is 5. The number of imide groups is 2. The Balaban J connectivity index is 0.764. The van der Waals surface area contributed by atoms with E-state index in [1.165, 1.54) is 6.07 Å². The first-order valence-electron chi connectivity index (χ1n) is 20.1. The number of fused-ring (bicyclic) bond motifs is 2. The highest BCUT2D eigenvalue weighted by Crippen LogP contribution is 2.35. The number of rotatable bonds is 9. The van der Waals surface area contributed by atoms with Crippen LogP contribution in [0.5, 0.6) is 0 Å². The number of piperidine rings is 2. The first-order chi connectivity index (χ1) is 28.8. The van der Waals surface area contributed by atoms with Crippen molar-refractivity contribution in [2.45, 2.75) is 65.0 Å². The summed E-state index contributed by atoms with van der Waals surface area (Å²) in [6.07, 6.45) is 5.47. The van der Waals surface area contributed by atoms with Crippen molar-refractivity contribution in [3.8, 4) is 11.3 Å². The molecule has 0 saturated carbocycles. The summed E-state index contributed by atoms with van der Waals surface area (Å²) in [7, 11) is 0. The zero-order valence-corrected chi connectivity index (χ0v) is 33.2. The molecule has 2 aromatic carbocycles. The third kappa shape index (κ3) is 7.00. The monoisotopic (exact) mass is 816 g/mol. The molecule has 0 aliphatic carbocycles. The average molecular weight is 817 g/mol. The first kappa shape index (κ1) is 38.8. The molecule has 17 heteroatoms. The van der Waals surface area contributed by atoms with Gasteiger partial charge in [0.15, 0.2) is 11.6 Å². The van der Waals surface area contributed by atoms with Gasteiger partial charge >= 0.3 is 0 Å². The fraction of sp³-hybridized carbons (Fsp3) is 0.372. The van der Waals surface area contributed by atoms with Crippen LogP contribution in [0.3, 0.4) is 0 Å². The Hall–Kier alpha value is -6.65. The molecule has 4 aliphatic rings. The molecule has 15 nitrogen and oxygen atoms in total. The number of aryl methyl sites for hydroxylation is 1. The summed E-state index contributed by atoms with van der Waals surface area (Å²) in [6.45, 7) is 8.04. The number of pyridine rings is 1. The summed E-state index contributed by atoms with van der Waals surface area (Å²) in [5.41, 5.74) is 3.20. The van der Waals surface area contributed by atoms with Crippen molar-refractivity contribution in [2.75, 3.05) is 36.4 Å². The lowest BCUT2D eigenvalue weighted by Gasteiger charge is -2.43. The third-order valence-corrected chi connectivity index (χ3v) is 12.0. The molecule has 0 bridgehead atoms. The zero-order chi connectivity index (χ0) is 42.0. The van der Waals surface area contributed by atoms with Gasteiger partial charge in [-0.2, -0.15) is 0 Å². The Morgan fingerprint density at radius 2 is 1.67 bits per heavy atom. The number of aromatic nitrogens is 5. The molecule has 5 amide bonds. The molecular formula is C43H42F2N10O5. The molecule has 1 unspecified atom stereocenters. The molecule has 3 saturated heterocycles. The molecule has 0 spiro atoms. The SMILES string of the molecule is Cc1nc2c(F)cc(-c3nc(Nc4ccc(CC5CCN(C(=O)C6CN(c7ccc8c(c7)C(=O)N(C7CCC(=O)NC7=O)C8=O)C6)CC5)cn4)ncc3F)cc2n1C(C)C. The quantitative estimate of drug-likeness (QED) is 0.189. The van der Waals surface area contributed by atoms with Crippen LogP contribution in [0.4, 0.5) is 26.2 Å². The normalized spacial score (nSPS) is 18.7. The molecule has 1 atom stereocenters. The fourth-order valence-corrected chi connectivity index (χ4v) is 8.87. The number of nitrogens with zero attached hydrogens (tertiary/aromatic N) is 8. The summed E-state index contributed by atoms with van der Waals surface area (Å²) in [6, 6.07) is 10.7. The molecule has 7 heterocycles. The van der Waals surface area contributed by atoms with Crippen molar-refractivity contribution in [3.05, 3.63) is 89.0 Å². The van der Waals surface area contributed by atoms with Crippen molar-refractivity contribution >= 4 is 58.0 Å². The van der Waals surface area contributed by atoms with Gasteiger partial charge in [0.25, 0.3) is 11.8 Å². The predicted molar refractivity (Wildman–Crippen MR) is 215 cm³/mol. The molecule has 9 rings (SSSR count). The third-order valence-electron chi connectivity index (χ3n) is 12.0. The first-order valence-corrected chi connectivity index (χ1v) is 20.1. The maximum Gasteiger partial charge on any atom is 0.262 e. The van der Waals surface area contributed by atoms with E-state index in [1.807, 2.05) is 47.3 Å². The second-order valence-corrected chi connectivity index (χ2v) is 16.3. The van der Waals surface area contributed by atoms with Crippen LogP contribution >= 0.6 is 0 Å². The number of imidazole rings is 1. The summed E-state index contributed by atoms with van der Waals surface area (Å²) in [5, 5.41) is 5.24. The van der Waals surface area contributed by atoms with E-state index < -0.39 is 41.3 Å². The number of carbonyl (C=O) groups excluding carboxylic acids is 5. The van der Waals surface area contributed by atoms with Crippen LogP contribution < -0.4 is 15.5 Å². The summed E-state index contributed by atoms with van der Waals surface area (Å²) in [5.74, 6) is -1.90. The summed E-state index contributed by atoms with van der Waals surface area (Å²) >= 11 is 0. The Morgan fingerprint density at radius 1 is 0.900 bits per heavy atom. The second kappa shape index (κ2) is 15.2. The number of anilines is 3. The number of hydrogen-bond donors (Lipinski definition) is 2. The van der Waals surface area contributed by atoms with Crippen LogP contribution in [0.2, 0.25) is 0 Å². The van der Waals surface area contributed by atoms with Gasteiger partial charge < -0.3 is 19.7 Å². The molecule has 308 valence electrons. The Labute approximate surface area is 343 Å². The number of hydrogen-bond acceptors (Lipinski definition) is 11. The average Bonchev–Trinajstić information content (AvgIpc) is 3.68. The molecule has 60 heavy (non-hydrogen) atoms. The van der Waals surface area contributed by atoms with Gasteiger partial charge in [0.05, 0.1) is 28.8 Å². The number of likely N-dealkylation sites (tertiary alicyclic amines) is 1. The van der Waals surface area contributed by atoms with Gasteiger partial charge in [0.1, 0.15) is 28.9 Å². The van der Waals surface area contributed by atoms with E-state index in [0.29, 0.717) is 49.3 Å². The van der Waals surface area contributed by atoms with Gasteiger partial charge in [-0.25, -0.2) is 28.7 Å². The summed E-state index contributed by atoms with van der Waals surface area (Å²) < 4.78 is 32.1. The van der Waals surface area contributed by atoms with Crippen molar-refractivity contribution in [1.82, 2.24) is 39.6 Å². The second-order valence-electron chi connectivity index (χ2n) is 16.3. The van der Waals surface area contributed by atoms with Crippen molar-refractivity contribution in [3.63, 3.8) is 0 Å². The van der Waals surface area contributed by atoms with Gasteiger partial charge in [-0.05, 0) is 94.3 Å². The zero-order valence-electron chi connectivity index (χ0n) is 33.2. The van der Waals surface area contributed by atoms with Gasteiger partial charge in [0.2, 0.25) is 23.7 Å². The minimum absolute atomic E-state index is 0.0231. The largest absolute Gasteiger partial charge is 0.370 e. The van der Waals surface area contributed by atoms with Crippen LogP contribution in [0.15, 0.2) is 54.9 Å². The summed E-state index contributed by atoms with van der Waals surface area (Å²) in [4.78, 5) is 86.0. The molecule has 2 N–H and O–H groups in total. The van der Waals surface area contributed by atoms with E-state index >= 15 is 8.78 Å². The van der Waals surface area contributed by atoms with Gasteiger partial charge in [-0.3, -0.25) is 34.2 Å². The van der Waals surface area contributed by atoms with Crippen molar-refractivity contribution in [1.29, 1.82) is 0 Å². The highest BCUT2D eigenvalue weighted by molar-refractivity contribution is 6.23. The van der Waals surface area contributed by atoms with E-state index in [1.54, 1.807) is 30.5 Å². The fourth-order valence-electron chi connectivity index (χ4n) is 8.87. The van der Waals surface area contributed by atoms with Crippen LogP contribution in [0, 0.1) is 30.4 Å². The van der Waals surface area contributed by atoms with Crippen molar-refractivity contribution < 1.29 is 32.8 Å². The van der Waals surface area contributed by atoms with E-state index in [9.17, 15) is 24.0 Å². The maximum absolute atomic E-state index is 15.1. The van der Waals surface area contributed by atoms with E-state index in [-0.39, 0.29) is 64.6 Å². The van der Waals surface area contributed by atoms with Crippen LogP contribution in [0.25, 0.3) is 22.3 Å². The number of halogens is 2. The molecule has 3 fully saturated rings. The standard InChI is InChI=1S/C43H42F2N10O5/c1-22(2)54-23(3)48-38-31(44)15-26(16-34(38)54)37-32(45)19-47-43(51-37)49-35-8-4-25(18-46-35)14-24-10-12-52(13-11-24)40(58)27-20-53(21-27)28-5-6-29-30(17-28)42(60)55(41(29)59)33-7-9-36(56)50-39(33)57/h4-6,8,15-19,22,24,27,33H,7,9-14,20-21H2,1-3H3,(H,50,56,57)(H,46,47,49,51). The topological polar surface area (TPSA) is 176 Å². The molecule has 4 aliphatic heterocycles. The van der Waals surface area contributed by atoms with Gasteiger partial charge in [-0.15, -0.1) is 0 Å². The van der Waals surface area contributed by atoms with Crippen LogP contribution in [-0.2, 0) is 20.8 Å². The van der Waals surface area contributed by atoms with Crippen LogP contribution in [-0.4, -0.2) is 96.1 Å². The molecule has 0 radical (unpaired) electrons. The number of benzene rings is 2. The molecular weight excluding hydrogens is 775 g/mol. The lowest BCUT2D eigenvalue weighted by Crippen LogP contribution is -2.55. The Morgan fingerprint density at radius 3 is 2.38 bits per heavy atom. The maximum atomic E-state index is 15.1. The van der Waals surface area contributed by atoms with Crippen molar-refractivity contribution in [2.24, 2.45) is 11.8 Å². The minimum atomic E-state index is -1.03. The van der Waals surface area contributed by atoms with E-state index in [0.717, 1.165) is 41.6 Å². The van der Waals surface area contributed by atoms with E-state index in [4.69, 9.17) is 0 Å². The van der Waals surface area contributed by atoms with Crippen LogP contribution in [0.1, 0.15) is 77.7 Å². The number of nitrogens with one attached hydrogen (secondary N) is 2. The smallest absolute Gasteiger partial charge is 0.262 e. The lowest BCUT2D eigenvalue weighted by molar-refractivity contribution is -0.138. The highest BCUT2D eigenvalue weighted by atomic mass is 19.1. The lowest BCUT2D eigenvalue weighted by atomic mass is 9.89. The Kier molecular flexibility index (Phi) is 9.83. The highest BCUT2D eigenvalue weighted by Gasteiger charge is 2.45. The Bertz CT molecular complexity index is 2600. The predicted octanol–water partition coefficient (Wildman–Crippen LogP) is 5.12. The van der Waals surface area contributed by atoms with Gasteiger partial charge in [-0.1, -0.05) is 6.07 Å². The molecule has 3 aromatic heterocycles.